The lowest BCUT2D eigenvalue weighted by Gasteiger charge is -2.24. The van der Waals surface area contributed by atoms with Crippen LogP contribution in [0.1, 0.15) is 63.6 Å². The molecule has 0 saturated heterocycles. The topological polar surface area (TPSA) is 74.6 Å². The maximum Gasteiger partial charge on any atom is 0.348 e. The Kier molecular flexibility index (Phi) is 6.23. The fraction of sp³-hybridized carbons (Fsp3) is 0.375. The number of methoxy groups -OCH3 is 2. The highest BCUT2D eigenvalue weighted by molar-refractivity contribution is 7.21. The Morgan fingerprint density at radius 1 is 1.13 bits per heavy atom. The van der Waals surface area contributed by atoms with Crippen molar-refractivity contribution in [2.45, 2.75) is 44.6 Å². The molecule has 1 fully saturated rings. The summed E-state index contributed by atoms with van der Waals surface area (Å²) in [5.74, 6) is -0.480. The van der Waals surface area contributed by atoms with E-state index < -0.39 is 5.97 Å². The molecule has 0 aliphatic heterocycles. The molecule has 1 aliphatic carbocycles. The van der Waals surface area contributed by atoms with E-state index in [1.165, 1.54) is 32.0 Å². The van der Waals surface area contributed by atoms with E-state index in [4.69, 9.17) is 9.47 Å². The van der Waals surface area contributed by atoms with Crippen molar-refractivity contribution < 1.29 is 23.9 Å². The van der Waals surface area contributed by atoms with Crippen LogP contribution < -0.4 is 0 Å². The summed E-state index contributed by atoms with van der Waals surface area (Å²) in [5.41, 5.74) is 4.16. The average molecular weight is 440 g/mol. The van der Waals surface area contributed by atoms with E-state index >= 15 is 0 Å². The summed E-state index contributed by atoms with van der Waals surface area (Å²) in [6.07, 6.45) is 6.42. The molecule has 0 unspecified atom stereocenters. The van der Waals surface area contributed by atoms with Crippen LogP contribution >= 0.6 is 11.3 Å². The third kappa shape index (κ3) is 3.90. The van der Waals surface area contributed by atoms with Crippen molar-refractivity contribution in [3.05, 3.63) is 46.3 Å². The second-order valence-corrected chi connectivity index (χ2v) is 8.83. The minimum atomic E-state index is -0.393. The Balaban J connectivity index is 2.05. The molecule has 7 heteroatoms. The van der Waals surface area contributed by atoms with E-state index in [1.807, 2.05) is 22.8 Å². The molecule has 0 spiro atoms. The molecule has 0 atom stereocenters. The van der Waals surface area contributed by atoms with Crippen LogP contribution in [0.25, 0.3) is 21.5 Å². The SMILES string of the molecule is COC(=O)Cn1c(-c2ccccc2C=O)c(C2CCCCC2)c2sc(C(=O)OC)cc21. The third-order valence-corrected chi connectivity index (χ3v) is 7.17. The molecule has 4 rings (SSSR count). The van der Waals surface area contributed by atoms with Crippen molar-refractivity contribution in [1.82, 2.24) is 4.57 Å². The van der Waals surface area contributed by atoms with Crippen LogP contribution in [-0.2, 0) is 20.8 Å². The number of carbonyl (C=O) groups is 3. The first-order chi connectivity index (χ1) is 15.1. The predicted octanol–water partition coefficient (Wildman–Crippen LogP) is 5.19. The molecule has 0 bridgehead atoms. The molecular formula is C24H25NO5S. The van der Waals surface area contributed by atoms with Crippen LogP contribution in [0.2, 0.25) is 0 Å². The molecular weight excluding hydrogens is 414 g/mol. The van der Waals surface area contributed by atoms with Gasteiger partial charge >= 0.3 is 11.9 Å². The second-order valence-electron chi connectivity index (χ2n) is 7.78. The number of hydrogen-bond donors (Lipinski definition) is 0. The highest BCUT2D eigenvalue weighted by atomic mass is 32.1. The molecule has 1 aromatic carbocycles. The Bertz CT molecular complexity index is 1140. The molecule has 0 N–H and O–H groups in total. The number of carbonyl (C=O) groups excluding carboxylic acids is 3. The standard InChI is InChI=1S/C24H25NO5S/c1-29-20(27)13-25-18-12-19(24(28)30-2)31-23(18)21(15-8-4-3-5-9-15)22(25)17-11-7-6-10-16(17)14-26/h6-7,10-12,14-15H,3-5,8-9,13H2,1-2H3. The first-order valence-corrected chi connectivity index (χ1v) is 11.3. The first kappa shape index (κ1) is 21.3. The number of nitrogens with zero attached hydrogens (tertiary/aromatic N) is 1. The number of aromatic nitrogens is 1. The predicted molar refractivity (Wildman–Crippen MR) is 120 cm³/mol. The zero-order valence-electron chi connectivity index (χ0n) is 17.7. The van der Waals surface area contributed by atoms with E-state index in [0.29, 0.717) is 16.4 Å². The first-order valence-electron chi connectivity index (χ1n) is 10.4. The zero-order chi connectivity index (χ0) is 22.0. The summed E-state index contributed by atoms with van der Waals surface area (Å²) in [4.78, 5) is 37.0. The molecule has 1 aliphatic rings. The highest BCUT2D eigenvalue weighted by Crippen LogP contribution is 2.47. The minimum Gasteiger partial charge on any atom is -0.468 e. The molecule has 1 saturated carbocycles. The Hall–Kier alpha value is -2.93. The van der Waals surface area contributed by atoms with E-state index in [1.54, 1.807) is 12.1 Å². The third-order valence-electron chi connectivity index (χ3n) is 6.03. The lowest BCUT2D eigenvalue weighted by Crippen LogP contribution is -2.14. The summed E-state index contributed by atoms with van der Waals surface area (Å²) >= 11 is 1.39. The van der Waals surface area contributed by atoms with E-state index in [9.17, 15) is 14.4 Å². The van der Waals surface area contributed by atoms with Crippen molar-refractivity contribution in [1.29, 1.82) is 0 Å². The number of aldehydes is 1. The number of benzene rings is 1. The molecule has 0 radical (unpaired) electrons. The van der Waals surface area contributed by atoms with Crippen LogP contribution in [0.5, 0.6) is 0 Å². The van der Waals surface area contributed by atoms with Crippen molar-refractivity contribution in [2.75, 3.05) is 14.2 Å². The summed E-state index contributed by atoms with van der Waals surface area (Å²) < 4.78 is 12.8. The van der Waals surface area contributed by atoms with Crippen LogP contribution in [0.15, 0.2) is 30.3 Å². The van der Waals surface area contributed by atoms with Crippen LogP contribution in [0, 0.1) is 0 Å². The van der Waals surface area contributed by atoms with Gasteiger partial charge in [0, 0.05) is 11.1 Å². The van der Waals surface area contributed by atoms with Crippen molar-refractivity contribution in [2.24, 2.45) is 0 Å². The van der Waals surface area contributed by atoms with E-state index in [0.717, 1.165) is 59.0 Å². The van der Waals surface area contributed by atoms with E-state index in [-0.39, 0.29) is 12.5 Å². The average Bonchev–Trinajstić information content (AvgIpc) is 3.37. The van der Waals surface area contributed by atoms with Gasteiger partial charge in [-0.05, 0) is 30.4 Å². The molecule has 6 nitrogen and oxygen atoms in total. The fourth-order valence-corrected chi connectivity index (χ4v) is 5.79. The quantitative estimate of drug-likeness (QED) is 0.390. The largest absolute Gasteiger partial charge is 0.468 e. The smallest absolute Gasteiger partial charge is 0.348 e. The fourth-order valence-electron chi connectivity index (χ4n) is 4.58. The van der Waals surface area contributed by atoms with Crippen molar-refractivity contribution >= 4 is 39.8 Å². The Morgan fingerprint density at radius 3 is 2.55 bits per heavy atom. The van der Waals surface area contributed by atoms with Crippen molar-refractivity contribution in [3.8, 4) is 11.3 Å². The van der Waals surface area contributed by atoms with Gasteiger partial charge in [-0.3, -0.25) is 9.59 Å². The van der Waals surface area contributed by atoms with Gasteiger partial charge in [0.15, 0.2) is 6.29 Å². The minimum absolute atomic E-state index is 0.000406. The maximum atomic E-state index is 12.3. The number of hydrogen-bond acceptors (Lipinski definition) is 6. The summed E-state index contributed by atoms with van der Waals surface area (Å²) in [7, 11) is 2.72. The van der Waals surface area contributed by atoms with Gasteiger partial charge in [-0.15, -0.1) is 11.3 Å². The number of esters is 2. The van der Waals surface area contributed by atoms with Crippen molar-refractivity contribution in [3.63, 3.8) is 0 Å². The number of thiophene rings is 1. The Labute approximate surface area is 184 Å². The maximum absolute atomic E-state index is 12.3. The van der Waals surface area contributed by atoms with Gasteiger partial charge < -0.3 is 14.0 Å². The van der Waals surface area contributed by atoms with Gasteiger partial charge in [0.05, 0.1) is 30.1 Å². The molecule has 31 heavy (non-hydrogen) atoms. The normalized spacial score (nSPS) is 14.5. The van der Waals surface area contributed by atoms with Crippen LogP contribution in [-0.4, -0.2) is 37.0 Å². The molecule has 3 aromatic rings. The summed E-state index contributed by atoms with van der Waals surface area (Å²) in [5, 5.41) is 0. The van der Waals surface area contributed by atoms with Crippen LogP contribution in [0.3, 0.4) is 0 Å². The molecule has 2 heterocycles. The van der Waals surface area contributed by atoms with Gasteiger partial charge in [-0.25, -0.2) is 4.79 Å². The number of rotatable bonds is 6. The van der Waals surface area contributed by atoms with Gasteiger partial charge in [0.2, 0.25) is 0 Å². The molecule has 2 aromatic heterocycles. The lowest BCUT2D eigenvalue weighted by molar-refractivity contribution is -0.141. The molecule has 162 valence electrons. The van der Waals surface area contributed by atoms with Gasteiger partial charge in [0.25, 0.3) is 0 Å². The summed E-state index contributed by atoms with van der Waals surface area (Å²) in [6.45, 7) is -0.000406. The monoisotopic (exact) mass is 439 g/mol. The number of fused-ring (bicyclic) bond motifs is 1. The summed E-state index contributed by atoms with van der Waals surface area (Å²) in [6, 6.07) is 9.23. The number of ether oxygens (including phenoxy) is 2. The van der Waals surface area contributed by atoms with Crippen LogP contribution in [0.4, 0.5) is 0 Å². The highest BCUT2D eigenvalue weighted by Gasteiger charge is 2.30. The second kappa shape index (κ2) is 9.06. The van der Waals surface area contributed by atoms with E-state index in [2.05, 4.69) is 0 Å². The molecule has 0 amide bonds. The van der Waals surface area contributed by atoms with Gasteiger partial charge in [0.1, 0.15) is 11.4 Å². The van der Waals surface area contributed by atoms with Gasteiger partial charge in [-0.2, -0.15) is 0 Å². The van der Waals surface area contributed by atoms with Gasteiger partial charge in [-0.1, -0.05) is 43.5 Å². The zero-order valence-corrected chi connectivity index (χ0v) is 18.5. The Morgan fingerprint density at radius 2 is 1.87 bits per heavy atom. The lowest BCUT2D eigenvalue weighted by atomic mass is 9.82.